The molecule has 1 spiro atoms. The average molecular weight is 502 g/mol. The summed E-state index contributed by atoms with van der Waals surface area (Å²) >= 11 is 0. The van der Waals surface area contributed by atoms with Crippen LogP contribution in [0.4, 0.5) is 5.69 Å². The molecule has 4 rings (SSSR count). The molecule has 1 aromatic rings. The second-order valence-corrected chi connectivity index (χ2v) is 10.3. The number of benzene rings is 1. The molecule has 3 aliphatic rings. The van der Waals surface area contributed by atoms with Gasteiger partial charge in [-0.3, -0.25) is 14.4 Å². The number of aliphatic hydroxyl groups is 1. The van der Waals surface area contributed by atoms with Crippen LogP contribution in [0.2, 0.25) is 0 Å². The third-order valence-electron chi connectivity index (χ3n) is 7.88. The highest BCUT2D eigenvalue weighted by Gasteiger charge is 2.77. The number of hydrogen-bond acceptors (Lipinski definition) is 6. The summed E-state index contributed by atoms with van der Waals surface area (Å²) in [5.41, 5.74) is -1.27. The van der Waals surface area contributed by atoms with Crippen LogP contribution >= 0.6 is 0 Å². The first-order chi connectivity index (χ1) is 17.3. The lowest BCUT2D eigenvalue weighted by Crippen LogP contribution is -2.55. The predicted molar refractivity (Wildman–Crippen MR) is 134 cm³/mol. The molecular weight excluding hydrogens is 462 g/mol. The number of likely N-dealkylation sites (tertiary alicyclic amines) is 1. The first kappa shape index (κ1) is 26.4. The fourth-order valence-corrected chi connectivity index (χ4v) is 6.31. The fourth-order valence-electron chi connectivity index (χ4n) is 6.31. The molecule has 0 aliphatic carbocycles. The zero-order chi connectivity index (χ0) is 25.9. The number of carbonyl (C=O) groups is 3. The zero-order valence-corrected chi connectivity index (χ0v) is 21.5. The van der Waals surface area contributed by atoms with E-state index in [1.165, 1.54) is 4.90 Å². The van der Waals surface area contributed by atoms with Crippen LogP contribution in [0, 0.1) is 11.8 Å². The van der Waals surface area contributed by atoms with Gasteiger partial charge in [-0.15, -0.1) is 0 Å². The molecule has 1 aromatic carbocycles. The number of aliphatic hydroxyl groups excluding tert-OH is 1. The minimum Gasteiger partial charge on any atom is -0.494 e. The Morgan fingerprint density at radius 2 is 1.89 bits per heavy atom. The zero-order valence-electron chi connectivity index (χ0n) is 21.5. The van der Waals surface area contributed by atoms with E-state index in [-0.39, 0.29) is 30.9 Å². The van der Waals surface area contributed by atoms with Gasteiger partial charge >= 0.3 is 0 Å². The summed E-state index contributed by atoms with van der Waals surface area (Å²) in [5, 5.41) is 15.4. The highest BCUT2D eigenvalue weighted by molar-refractivity contribution is 6.02. The van der Waals surface area contributed by atoms with Crippen molar-refractivity contribution in [2.75, 3.05) is 31.6 Å². The van der Waals surface area contributed by atoms with Gasteiger partial charge in [-0.2, -0.15) is 0 Å². The molecule has 5 atom stereocenters. The number of rotatable bonds is 12. The molecule has 3 saturated heterocycles. The largest absolute Gasteiger partial charge is 0.494 e. The van der Waals surface area contributed by atoms with Gasteiger partial charge < -0.3 is 30.1 Å². The highest BCUT2D eigenvalue weighted by Crippen LogP contribution is 2.63. The molecule has 3 N–H and O–H groups in total. The normalized spacial score (nSPS) is 30.4. The molecule has 3 aliphatic heterocycles. The molecule has 3 heterocycles. The Hall–Kier alpha value is -2.65. The van der Waals surface area contributed by atoms with E-state index in [9.17, 15) is 19.5 Å². The van der Waals surface area contributed by atoms with E-state index >= 15 is 0 Å². The average Bonchev–Trinajstić information content (AvgIpc) is 3.42. The van der Waals surface area contributed by atoms with E-state index < -0.39 is 29.1 Å². The lowest BCUT2D eigenvalue weighted by molar-refractivity contribution is -0.145. The molecule has 0 aromatic heterocycles. The van der Waals surface area contributed by atoms with Gasteiger partial charge in [0, 0.05) is 25.4 Å². The lowest BCUT2D eigenvalue weighted by atomic mass is 9.66. The Balaban J connectivity index is 1.59. The summed E-state index contributed by atoms with van der Waals surface area (Å²) in [6.07, 6.45) is 4.39. The SMILES string of the molecule is CCCCCNC(=O)C1N(CCCO)C(=O)[C@@H]2[C@@H](C(=O)Nc3ccc(OCC)cc3)[C@@]3(C)CCC12O3. The van der Waals surface area contributed by atoms with E-state index in [1.807, 2.05) is 13.8 Å². The number of hydrogen-bond donors (Lipinski definition) is 3. The van der Waals surface area contributed by atoms with Crippen molar-refractivity contribution in [2.45, 2.75) is 76.5 Å². The summed E-state index contributed by atoms with van der Waals surface area (Å²) in [6, 6.07) is 6.30. The van der Waals surface area contributed by atoms with E-state index in [2.05, 4.69) is 17.6 Å². The predicted octanol–water partition coefficient (Wildman–Crippen LogP) is 2.48. The molecule has 9 nitrogen and oxygen atoms in total. The van der Waals surface area contributed by atoms with E-state index in [4.69, 9.17) is 9.47 Å². The summed E-state index contributed by atoms with van der Waals surface area (Å²) in [5.74, 6) is -1.52. The van der Waals surface area contributed by atoms with Crippen LogP contribution in [-0.2, 0) is 19.1 Å². The van der Waals surface area contributed by atoms with Crippen molar-refractivity contribution in [3.8, 4) is 5.75 Å². The highest BCUT2D eigenvalue weighted by atomic mass is 16.5. The number of ether oxygens (including phenoxy) is 2. The van der Waals surface area contributed by atoms with E-state index in [0.717, 1.165) is 19.3 Å². The minimum absolute atomic E-state index is 0.0908. The molecule has 0 radical (unpaired) electrons. The molecule has 2 unspecified atom stereocenters. The van der Waals surface area contributed by atoms with Crippen molar-refractivity contribution < 1.29 is 29.0 Å². The number of fused-ring (bicyclic) bond motifs is 1. The fraction of sp³-hybridized carbons (Fsp3) is 0.667. The van der Waals surface area contributed by atoms with Crippen LogP contribution in [0.5, 0.6) is 5.75 Å². The Morgan fingerprint density at radius 1 is 1.14 bits per heavy atom. The number of anilines is 1. The van der Waals surface area contributed by atoms with Crippen molar-refractivity contribution in [3.63, 3.8) is 0 Å². The van der Waals surface area contributed by atoms with Crippen molar-refractivity contribution in [1.82, 2.24) is 10.2 Å². The van der Waals surface area contributed by atoms with Gasteiger partial charge in [0.25, 0.3) is 0 Å². The Morgan fingerprint density at radius 3 is 2.56 bits per heavy atom. The number of nitrogens with one attached hydrogen (secondary N) is 2. The summed E-state index contributed by atoms with van der Waals surface area (Å²) in [7, 11) is 0. The van der Waals surface area contributed by atoms with Gasteiger partial charge in [-0.05, 0) is 63.8 Å². The molecule has 0 saturated carbocycles. The van der Waals surface area contributed by atoms with E-state index in [1.54, 1.807) is 24.3 Å². The van der Waals surface area contributed by atoms with Crippen LogP contribution in [0.3, 0.4) is 0 Å². The smallest absolute Gasteiger partial charge is 0.245 e. The quantitative estimate of drug-likeness (QED) is 0.379. The number of nitrogens with zero attached hydrogens (tertiary/aromatic N) is 1. The Labute approximate surface area is 212 Å². The van der Waals surface area contributed by atoms with Crippen LogP contribution in [-0.4, -0.2) is 71.3 Å². The maximum Gasteiger partial charge on any atom is 0.245 e. The summed E-state index contributed by atoms with van der Waals surface area (Å²) in [6.45, 7) is 7.12. The van der Waals surface area contributed by atoms with Gasteiger partial charge in [0.05, 0.1) is 24.0 Å². The van der Waals surface area contributed by atoms with Crippen LogP contribution < -0.4 is 15.4 Å². The van der Waals surface area contributed by atoms with Gasteiger partial charge in [0.15, 0.2) is 0 Å². The van der Waals surface area contributed by atoms with Crippen molar-refractivity contribution in [3.05, 3.63) is 24.3 Å². The van der Waals surface area contributed by atoms with Crippen molar-refractivity contribution in [1.29, 1.82) is 0 Å². The summed E-state index contributed by atoms with van der Waals surface area (Å²) in [4.78, 5) is 42.4. The number of unbranched alkanes of at least 4 members (excludes halogenated alkanes) is 2. The number of amides is 3. The van der Waals surface area contributed by atoms with Crippen molar-refractivity contribution >= 4 is 23.4 Å². The van der Waals surface area contributed by atoms with Crippen LogP contribution in [0.25, 0.3) is 0 Å². The topological polar surface area (TPSA) is 117 Å². The second-order valence-electron chi connectivity index (χ2n) is 10.3. The maximum atomic E-state index is 13.8. The third-order valence-corrected chi connectivity index (χ3v) is 7.88. The van der Waals surface area contributed by atoms with Crippen LogP contribution in [0.15, 0.2) is 24.3 Å². The lowest BCUT2D eigenvalue weighted by Gasteiger charge is -2.33. The molecule has 3 amide bonds. The molecule has 198 valence electrons. The Bertz CT molecular complexity index is 969. The summed E-state index contributed by atoms with van der Waals surface area (Å²) < 4.78 is 12.0. The monoisotopic (exact) mass is 501 g/mol. The second kappa shape index (κ2) is 10.8. The minimum atomic E-state index is -1.04. The Kier molecular flexibility index (Phi) is 7.90. The molecule has 9 heteroatoms. The standard InChI is InChI=1S/C27H39N3O6/c1-4-6-7-15-28-24(33)22-27-14-13-26(3,36-27)20(21(27)25(34)30(22)16-8-17-31)23(32)29-18-9-11-19(12-10-18)35-5-2/h9-12,20-22,31H,4-8,13-17H2,1-3H3,(H,28,33)(H,29,32)/t20-,21-,22?,26+,27?/m0/s1. The molecule has 2 bridgehead atoms. The van der Waals surface area contributed by atoms with Gasteiger partial charge in [-0.25, -0.2) is 0 Å². The third kappa shape index (κ3) is 4.59. The van der Waals surface area contributed by atoms with Crippen LogP contribution in [0.1, 0.15) is 59.3 Å². The molecular formula is C27H39N3O6. The first-order valence-electron chi connectivity index (χ1n) is 13.2. The maximum absolute atomic E-state index is 13.8. The first-order valence-corrected chi connectivity index (χ1v) is 13.2. The molecule has 3 fully saturated rings. The van der Waals surface area contributed by atoms with Gasteiger partial charge in [0.2, 0.25) is 17.7 Å². The molecule has 36 heavy (non-hydrogen) atoms. The van der Waals surface area contributed by atoms with Crippen molar-refractivity contribution in [2.24, 2.45) is 11.8 Å². The van der Waals surface area contributed by atoms with Gasteiger partial charge in [-0.1, -0.05) is 19.8 Å². The number of carbonyl (C=O) groups excluding carboxylic acids is 3. The van der Waals surface area contributed by atoms with Gasteiger partial charge in [0.1, 0.15) is 17.4 Å². The van der Waals surface area contributed by atoms with E-state index in [0.29, 0.717) is 43.9 Å².